The summed E-state index contributed by atoms with van der Waals surface area (Å²) in [5.41, 5.74) is 9.29. The Morgan fingerprint density at radius 2 is 1.03 bits per heavy atom. The van der Waals surface area contributed by atoms with E-state index in [-0.39, 0.29) is 5.82 Å². The van der Waals surface area contributed by atoms with Crippen molar-refractivity contribution in [3.63, 3.8) is 0 Å². The summed E-state index contributed by atoms with van der Waals surface area (Å²) >= 11 is 0. The topological polar surface area (TPSA) is 0 Å². The van der Waals surface area contributed by atoms with E-state index in [0.717, 1.165) is 24.0 Å². The average molecular weight is 503 g/mol. The van der Waals surface area contributed by atoms with Crippen LogP contribution in [0.25, 0.3) is 49.4 Å². The molecule has 0 amide bonds. The lowest BCUT2D eigenvalue weighted by Crippen LogP contribution is -1.96. The maximum atomic E-state index is 14.7. The third-order valence-electron chi connectivity index (χ3n) is 7.85. The van der Waals surface area contributed by atoms with Gasteiger partial charge < -0.3 is 0 Å². The Morgan fingerprint density at radius 1 is 0.487 bits per heavy atom. The van der Waals surface area contributed by atoms with E-state index in [1.165, 1.54) is 55.4 Å². The molecule has 7 rings (SSSR count). The summed E-state index contributed by atoms with van der Waals surface area (Å²) in [5.74, 6) is -0.180. The minimum atomic E-state index is -0.180. The van der Waals surface area contributed by atoms with Crippen LogP contribution in [0, 0.1) is 5.82 Å². The fourth-order valence-electron chi connectivity index (χ4n) is 6.13. The maximum absolute atomic E-state index is 14.7. The summed E-state index contributed by atoms with van der Waals surface area (Å²) in [6.45, 7) is 0. The largest absolute Gasteiger partial charge is 0.206 e. The van der Waals surface area contributed by atoms with Crippen LogP contribution in [0.3, 0.4) is 0 Å². The molecule has 0 atom stereocenters. The van der Waals surface area contributed by atoms with Gasteiger partial charge in [-0.3, -0.25) is 0 Å². The van der Waals surface area contributed by atoms with Crippen molar-refractivity contribution in [2.75, 3.05) is 0 Å². The lowest BCUT2D eigenvalue weighted by Gasteiger charge is -2.18. The minimum absolute atomic E-state index is 0.180. The van der Waals surface area contributed by atoms with Crippen LogP contribution in [0.2, 0.25) is 0 Å². The second kappa shape index (κ2) is 9.85. The normalized spacial score (nSPS) is 13.1. The Labute approximate surface area is 228 Å². The van der Waals surface area contributed by atoms with Gasteiger partial charge in [0.25, 0.3) is 0 Å². The molecule has 0 bridgehead atoms. The lowest BCUT2D eigenvalue weighted by atomic mass is 9.85. The first-order valence-electron chi connectivity index (χ1n) is 13.5. The number of hydrogen-bond acceptors (Lipinski definition) is 0. The van der Waals surface area contributed by atoms with Crippen LogP contribution < -0.4 is 0 Å². The number of rotatable bonds is 5. The molecule has 39 heavy (non-hydrogen) atoms. The van der Waals surface area contributed by atoms with Crippen LogP contribution in [-0.2, 0) is 6.42 Å². The van der Waals surface area contributed by atoms with Crippen molar-refractivity contribution in [2.45, 2.75) is 12.8 Å². The molecule has 0 nitrogen and oxygen atoms in total. The molecule has 1 heteroatoms. The van der Waals surface area contributed by atoms with Gasteiger partial charge in [0.15, 0.2) is 0 Å². The van der Waals surface area contributed by atoms with Gasteiger partial charge in [0.05, 0.1) is 0 Å². The molecule has 6 aromatic carbocycles. The summed E-state index contributed by atoms with van der Waals surface area (Å²) in [6, 6.07) is 43.5. The van der Waals surface area contributed by atoms with E-state index in [0.29, 0.717) is 5.56 Å². The quantitative estimate of drug-likeness (QED) is 0.206. The number of halogens is 1. The Bertz CT molecular complexity index is 1850. The maximum Gasteiger partial charge on any atom is 0.131 e. The van der Waals surface area contributed by atoms with Crippen LogP contribution in [-0.4, -0.2) is 0 Å². The SMILES string of the molecule is Fc1ccccc1-c1ccccc1CC1=CC=C(c2c3ccccc3c(-c3ccccc3)c3ccccc23)C1. The van der Waals surface area contributed by atoms with Crippen molar-refractivity contribution >= 4 is 27.1 Å². The third-order valence-corrected chi connectivity index (χ3v) is 7.85. The summed E-state index contributed by atoms with van der Waals surface area (Å²) in [4.78, 5) is 0. The molecule has 1 aliphatic carbocycles. The molecule has 0 saturated carbocycles. The van der Waals surface area contributed by atoms with E-state index in [9.17, 15) is 4.39 Å². The van der Waals surface area contributed by atoms with E-state index in [2.05, 4.69) is 97.1 Å². The summed E-state index contributed by atoms with van der Waals surface area (Å²) < 4.78 is 14.7. The van der Waals surface area contributed by atoms with E-state index in [4.69, 9.17) is 0 Å². The Hall–Kier alpha value is -4.75. The number of hydrogen-bond donors (Lipinski definition) is 0. The van der Waals surface area contributed by atoms with Gasteiger partial charge in [-0.25, -0.2) is 4.39 Å². The zero-order chi connectivity index (χ0) is 26.2. The fraction of sp³-hybridized carbons (Fsp3) is 0.0526. The standard InChI is InChI=1S/C38H27F/c39-36-21-11-10-16-31(36)30-15-5-4-14-28(30)24-26-22-23-29(25-26)38-34-19-8-6-17-32(34)37(27-12-2-1-3-13-27)33-18-7-9-20-35(33)38/h1-23H,24-25H2. The zero-order valence-corrected chi connectivity index (χ0v) is 21.6. The molecule has 0 unspecified atom stereocenters. The highest BCUT2D eigenvalue weighted by Gasteiger charge is 2.20. The van der Waals surface area contributed by atoms with Gasteiger partial charge in [-0.2, -0.15) is 0 Å². The molecule has 0 spiro atoms. The molecule has 1 aliphatic rings. The first-order valence-corrected chi connectivity index (χ1v) is 13.5. The smallest absolute Gasteiger partial charge is 0.131 e. The number of allylic oxidation sites excluding steroid dienone is 4. The second-order valence-electron chi connectivity index (χ2n) is 10.2. The number of benzene rings is 6. The minimum Gasteiger partial charge on any atom is -0.206 e. The molecular weight excluding hydrogens is 475 g/mol. The van der Waals surface area contributed by atoms with Crippen molar-refractivity contribution in [2.24, 2.45) is 0 Å². The summed E-state index contributed by atoms with van der Waals surface area (Å²) in [6.07, 6.45) is 6.23. The zero-order valence-electron chi connectivity index (χ0n) is 21.6. The molecule has 6 aromatic rings. The first-order chi connectivity index (χ1) is 19.3. The Kier molecular flexibility index (Phi) is 5.90. The van der Waals surface area contributed by atoms with Crippen LogP contribution in [0.5, 0.6) is 0 Å². The highest BCUT2D eigenvalue weighted by Crippen LogP contribution is 2.44. The molecule has 186 valence electrons. The van der Waals surface area contributed by atoms with Gasteiger partial charge in [0.1, 0.15) is 5.82 Å². The monoisotopic (exact) mass is 502 g/mol. The third kappa shape index (κ3) is 4.17. The van der Waals surface area contributed by atoms with Gasteiger partial charge in [-0.05, 0) is 73.8 Å². The Morgan fingerprint density at radius 3 is 1.69 bits per heavy atom. The van der Waals surface area contributed by atoms with Gasteiger partial charge in [0, 0.05) is 5.56 Å². The van der Waals surface area contributed by atoms with E-state index >= 15 is 0 Å². The predicted molar refractivity (Wildman–Crippen MR) is 163 cm³/mol. The van der Waals surface area contributed by atoms with Gasteiger partial charge in [-0.1, -0.05) is 139 Å². The van der Waals surface area contributed by atoms with Crippen molar-refractivity contribution in [1.29, 1.82) is 0 Å². The lowest BCUT2D eigenvalue weighted by molar-refractivity contribution is 0.631. The predicted octanol–water partition coefficient (Wildman–Crippen LogP) is 10.4. The molecule has 0 radical (unpaired) electrons. The van der Waals surface area contributed by atoms with Crippen molar-refractivity contribution in [1.82, 2.24) is 0 Å². The van der Waals surface area contributed by atoms with Crippen LogP contribution in [0.4, 0.5) is 4.39 Å². The van der Waals surface area contributed by atoms with Crippen molar-refractivity contribution < 1.29 is 4.39 Å². The van der Waals surface area contributed by atoms with Gasteiger partial charge >= 0.3 is 0 Å². The van der Waals surface area contributed by atoms with Gasteiger partial charge in [0.2, 0.25) is 0 Å². The highest BCUT2D eigenvalue weighted by molar-refractivity contribution is 6.19. The molecule has 0 heterocycles. The number of fused-ring (bicyclic) bond motifs is 2. The molecule has 0 aromatic heterocycles. The van der Waals surface area contributed by atoms with Crippen LogP contribution in [0.15, 0.2) is 145 Å². The van der Waals surface area contributed by atoms with E-state index in [1.54, 1.807) is 6.07 Å². The highest BCUT2D eigenvalue weighted by atomic mass is 19.1. The average Bonchev–Trinajstić information content (AvgIpc) is 3.45. The molecule has 0 saturated heterocycles. The van der Waals surface area contributed by atoms with Crippen LogP contribution in [0.1, 0.15) is 17.5 Å². The second-order valence-corrected chi connectivity index (χ2v) is 10.2. The molecule has 0 fully saturated rings. The van der Waals surface area contributed by atoms with E-state index in [1.807, 2.05) is 30.3 Å². The fourth-order valence-corrected chi connectivity index (χ4v) is 6.13. The summed E-state index contributed by atoms with van der Waals surface area (Å²) in [5, 5.41) is 5.11. The van der Waals surface area contributed by atoms with Crippen molar-refractivity contribution in [3.8, 4) is 22.3 Å². The van der Waals surface area contributed by atoms with Crippen LogP contribution >= 0.6 is 0 Å². The molecule has 0 N–H and O–H groups in total. The Balaban J connectivity index is 1.30. The van der Waals surface area contributed by atoms with Gasteiger partial charge in [-0.15, -0.1) is 0 Å². The summed E-state index contributed by atoms with van der Waals surface area (Å²) in [7, 11) is 0. The van der Waals surface area contributed by atoms with Crippen molar-refractivity contribution in [3.05, 3.63) is 162 Å². The first kappa shape index (κ1) is 23.4. The molecular formula is C38H27F. The molecule has 0 aliphatic heterocycles. The van der Waals surface area contributed by atoms with E-state index < -0.39 is 0 Å².